The molecule has 5 heteroatoms. The molecule has 1 amide bonds. The number of hydrogen-bond donors (Lipinski definition) is 1. The molecule has 0 saturated carbocycles. The number of nitrogen functional groups attached to an aromatic ring is 1. The Morgan fingerprint density at radius 3 is 2.61 bits per heavy atom. The molecule has 0 bridgehead atoms. The van der Waals surface area contributed by atoms with Crippen LogP contribution < -0.4 is 15.4 Å². The molecule has 23 heavy (non-hydrogen) atoms. The normalized spacial score (nSPS) is 20.4. The van der Waals surface area contributed by atoms with Crippen LogP contribution in [-0.2, 0) is 10.2 Å². The van der Waals surface area contributed by atoms with Crippen molar-refractivity contribution in [1.82, 2.24) is 4.90 Å². The van der Waals surface area contributed by atoms with Crippen LogP contribution in [0.3, 0.4) is 0 Å². The summed E-state index contributed by atoms with van der Waals surface area (Å²) in [6.45, 7) is 7.74. The summed E-state index contributed by atoms with van der Waals surface area (Å²) in [6, 6.07) is 3.90. The monoisotopic (exact) mass is 317 g/mol. The largest absolute Gasteiger partial charge is 0.495 e. The van der Waals surface area contributed by atoms with E-state index in [0.29, 0.717) is 18.0 Å². The number of carbonyl (C=O) groups is 1. The molecule has 5 nitrogen and oxygen atoms in total. The van der Waals surface area contributed by atoms with Gasteiger partial charge in [-0.2, -0.15) is 0 Å². The van der Waals surface area contributed by atoms with Crippen LogP contribution in [0.1, 0.15) is 38.7 Å². The van der Waals surface area contributed by atoms with Crippen LogP contribution in [-0.4, -0.2) is 44.1 Å². The molecule has 0 aliphatic carbocycles. The van der Waals surface area contributed by atoms with Crippen LogP contribution >= 0.6 is 0 Å². The van der Waals surface area contributed by atoms with E-state index in [9.17, 15) is 4.79 Å². The first-order valence-corrected chi connectivity index (χ1v) is 8.43. The van der Waals surface area contributed by atoms with E-state index in [4.69, 9.17) is 10.5 Å². The number of amides is 1. The predicted octanol–water partition coefficient (Wildman–Crippen LogP) is 2.39. The maximum absolute atomic E-state index is 12.8. The zero-order valence-corrected chi connectivity index (χ0v) is 14.4. The molecule has 0 radical (unpaired) electrons. The average molecular weight is 317 g/mol. The van der Waals surface area contributed by atoms with E-state index in [1.165, 1.54) is 12.8 Å². The van der Waals surface area contributed by atoms with Crippen molar-refractivity contribution in [1.29, 1.82) is 0 Å². The lowest BCUT2D eigenvalue weighted by Gasteiger charge is -2.40. The van der Waals surface area contributed by atoms with Gasteiger partial charge < -0.3 is 15.4 Å². The number of likely N-dealkylation sites (tertiary alicyclic amines) is 1. The Labute approximate surface area is 138 Å². The van der Waals surface area contributed by atoms with Gasteiger partial charge in [-0.25, -0.2) is 0 Å². The summed E-state index contributed by atoms with van der Waals surface area (Å²) in [4.78, 5) is 17.0. The number of ether oxygens (including phenoxy) is 1. The Hall–Kier alpha value is -1.75. The number of fused-ring (bicyclic) bond motifs is 1. The Morgan fingerprint density at radius 2 is 1.96 bits per heavy atom. The van der Waals surface area contributed by atoms with Gasteiger partial charge in [0.2, 0.25) is 5.91 Å². The Balaban J connectivity index is 1.92. The van der Waals surface area contributed by atoms with Crippen molar-refractivity contribution in [3.05, 3.63) is 17.7 Å². The van der Waals surface area contributed by atoms with E-state index in [1.807, 2.05) is 17.0 Å². The lowest BCUT2D eigenvalue weighted by atomic mass is 9.77. The topological polar surface area (TPSA) is 58.8 Å². The molecule has 1 aromatic carbocycles. The number of benzene rings is 1. The molecule has 0 aromatic heterocycles. The Kier molecular flexibility index (Phi) is 4.23. The molecule has 126 valence electrons. The van der Waals surface area contributed by atoms with Crippen LogP contribution in [0, 0.1) is 0 Å². The smallest absolute Gasteiger partial charge is 0.241 e. The van der Waals surface area contributed by atoms with Gasteiger partial charge in [-0.3, -0.25) is 9.69 Å². The number of anilines is 2. The summed E-state index contributed by atoms with van der Waals surface area (Å²) in [7, 11) is 1.63. The number of rotatable bonds is 3. The molecule has 1 fully saturated rings. The van der Waals surface area contributed by atoms with Gasteiger partial charge in [0.25, 0.3) is 0 Å². The SMILES string of the molecule is COc1cc2c(cc1N)N(C(=O)CN1CCCC1)CCC2(C)C. The predicted molar refractivity (Wildman–Crippen MR) is 93.1 cm³/mol. The summed E-state index contributed by atoms with van der Waals surface area (Å²) in [6.07, 6.45) is 3.33. The molecule has 2 aliphatic rings. The second-order valence-electron chi connectivity index (χ2n) is 7.27. The van der Waals surface area contributed by atoms with Crippen molar-refractivity contribution in [2.24, 2.45) is 0 Å². The summed E-state index contributed by atoms with van der Waals surface area (Å²) >= 11 is 0. The molecule has 2 N–H and O–H groups in total. The molecular weight excluding hydrogens is 290 g/mol. The Morgan fingerprint density at radius 1 is 1.26 bits per heavy atom. The molecule has 0 unspecified atom stereocenters. The molecule has 0 spiro atoms. The quantitative estimate of drug-likeness (QED) is 0.870. The van der Waals surface area contributed by atoms with Crippen LogP contribution in [0.4, 0.5) is 11.4 Å². The van der Waals surface area contributed by atoms with Crippen LogP contribution in [0.5, 0.6) is 5.75 Å². The number of hydrogen-bond acceptors (Lipinski definition) is 4. The van der Waals surface area contributed by atoms with E-state index in [2.05, 4.69) is 18.7 Å². The first-order chi connectivity index (χ1) is 10.9. The summed E-state index contributed by atoms with van der Waals surface area (Å²) < 4.78 is 5.37. The zero-order chi connectivity index (χ0) is 16.6. The van der Waals surface area contributed by atoms with Crippen molar-refractivity contribution in [3.8, 4) is 5.75 Å². The fourth-order valence-corrected chi connectivity index (χ4v) is 3.65. The highest BCUT2D eigenvalue weighted by Crippen LogP contribution is 2.43. The highest BCUT2D eigenvalue weighted by molar-refractivity contribution is 5.97. The second-order valence-corrected chi connectivity index (χ2v) is 7.27. The molecule has 1 saturated heterocycles. The van der Waals surface area contributed by atoms with Gasteiger partial charge in [0.15, 0.2) is 0 Å². The molecular formula is C18H27N3O2. The molecule has 2 aliphatic heterocycles. The van der Waals surface area contributed by atoms with Crippen molar-refractivity contribution in [3.63, 3.8) is 0 Å². The zero-order valence-electron chi connectivity index (χ0n) is 14.4. The van der Waals surface area contributed by atoms with E-state index in [0.717, 1.165) is 37.3 Å². The minimum absolute atomic E-state index is 0.0146. The van der Waals surface area contributed by atoms with E-state index in [1.54, 1.807) is 7.11 Å². The number of nitrogens with two attached hydrogens (primary N) is 1. The van der Waals surface area contributed by atoms with Gasteiger partial charge in [-0.05, 0) is 55.5 Å². The van der Waals surface area contributed by atoms with Gasteiger partial charge in [0, 0.05) is 12.2 Å². The maximum atomic E-state index is 12.8. The van der Waals surface area contributed by atoms with Crippen LogP contribution in [0.25, 0.3) is 0 Å². The first-order valence-electron chi connectivity index (χ1n) is 8.43. The minimum Gasteiger partial charge on any atom is -0.495 e. The molecule has 1 aromatic rings. The van der Waals surface area contributed by atoms with Gasteiger partial charge in [-0.15, -0.1) is 0 Å². The van der Waals surface area contributed by atoms with Crippen LogP contribution in [0.2, 0.25) is 0 Å². The van der Waals surface area contributed by atoms with Crippen molar-refractivity contribution in [2.75, 3.05) is 43.9 Å². The van der Waals surface area contributed by atoms with E-state index < -0.39 is 0 Å². The highest BCUT2D eigenvalue weighted by Gasteiger charge is 2.35. The molecule has 2 heterocycles. The van der Waals surface area contributed by atoms with Gasteiger partial charge in [0.05, 0.1) is 19.3 Å². The number of carbonyl (C=O) groups excluding carboxylic acids is 1. The summed E-state index contributed by atoms with van der Waals surface area (Å²) in [5, 5.41) is 0. The van der Waals surface area contributed by atoms with Crippen LogP contribution in [0.15, 0.2) is 12.1 Å². The van der Waals surface area contributed by atoms with E-state index >= 15 is 0 Å². The van der Waals surface area contributed by atoms with Gasteiger partial charge >= 0.3 is 0 Å². The fraction of sp³-hybridized carbons (Fsp3) is 0.611. The summed E-state index contributed by atoms with van der Waals surface area (Å²) in [5.41, 5.74) is 8.79. The molecule has 3 rings (SSSR count). The third kappa shape index (κ3) is 3.02. The third-order valence-electron chi connectivity index (χ3n) is 5.19. The Bertz CT molecular complexity index is 607. The second kappa shape index (κ2) is 6.04. The van der Waals surface area contributed by atoms with E-state index in [-0.39, 0.29) is 11.3 Å². The minimum atomic E-state index is 0.0146. The van der Waals surface area contributed by atoms with Crippen molar-refractivity contribution >= 4 is 17.3 Å². The fourth-order valence-electron chi connectivity index (χ4n) is 3.65. The van der Waals surface area contributed by atoms with Crippen molar-refractivity contribution in [2.45, 2.75) is 38.5 Å². The maximum Gasteiger partial charge on any atom is 0.241 e. The standard InChI is InChI=1S/C18H27N3O2/c1-18(2)6-9-21(17(22)12-20-7-4-5-8-20)15-11-14(19)16(23-3)10-13(15)18/h10-11H,4-9,12,19H2,1-3H3. The third-order valence-corrected chi connectivity index (χ3v) is 5.19. The molecule has 0 atom stereocenters. The lowest BCUT2D eigenvalue weighted by Crippen LogP contribution is -2.45. The van der Waals surface area contributed by atoms with Gasteiger partial charge in [0.1, 0.15) is 5.75 Å². The number of methoxy groups -OCH3 is 1. The summed E-state index contributed by atoms with van der Waals surface area (Å²) in [5.74, 6) is 0.860. The number of nitrogens with zero attached hydrogens (tertiary/aromatic N) is 2. The lowest BCUT2D eigenvalue weighted by molar-refractivity contribution is -0.119. The van der Waals surface area contributed by atoms with Crippen molar-refractivity contribution < 1.29 is 9.53 Å². The highest BCUT2D eigenvalue weighted by atomic mass is 16.5. The average Bonchev–Trinajstić information content (AvgIpc) is 2.99. The van der Waals surface area contributed by atoms with Gasteiger partial charge in [-0.1, -0.05) is 13.8 Å². The first kappa shape index (κ1) is 16.1.